The van der Waals surface area contributed by atoms with E-state index in [2.05, 4.69) is 4.72 Å². The highest BCUT2D eigenvalue weighted by Gasteiger charge is 2.19. The van der Waals surface area contributed by atoms with Gasteiger partial charge in [0.05, 0.1) is 10.6 Å². The van der Waals surface area contributed by atoms with Gasteiger partial charge in [-0.15, -0.1) is 11.3 Å². The smallest absolute Gasteiger partial charge is 0.241 e. The molecule has 0 unspecified atom stereocenters. The van der Waals surface area contributed by atoms with E-state index in [1.165, 1.54) is 11.8 Å². The summed E-state index contributed by atoms with van der Waals surface area (Å²) in [5, 5.41) is 0. The van der Waals surface area contributed by atoms with Crippen molar-refractivity contribution in [3.63, 3.8) is 0 Å². The zero-order chi connectivity index (χ0) is 15.6. The molecule has 0 fully saturated rings. The van der Waals surface area contributed by atoms with Gasteiger partial charge in [0, 0.05) is 16.3 Å². The summed E-state index contributed by atoms with van der Waals surface area (Å²) in [7, 11) is -3.72. The third-order valence-corrected chi connectivity index (χ3v) is 5.86. The summed E-state index contributed by atoms with van der Waals surface area (Å²) in [4.78, 5) is 2.14. The van der Waals surface area contributed by atoms with E-state index in [0.29, 0.717) is 5.56 Å². The molecule has 0 amide bonds. The standard InChI is InChI=1S/C14H17FN2O2S2/c1-3-10-4-5-11(20-10)8-17-21(18,19)14-7-13(16)12(15)6-9(14)2/h4-7,17H,3,8,16H2,1-2H3. The van der Waals surface area contributed by atoms with E-state index in [-0.39, 0.29) is 17.1 Å². The van der Waals surface area contributed by atoms with Gasteiger partial charge in [0.1, 0.15) is 5.82 Å². The molecular formula is C14H17FN2O2S2. The van der Waals surface area contributed by atoms with E-state index in [1.807, 2.05) is 19.1 Å². The van der Waals surface area contributed by atoms with Crippen LogP contribution in [0.1, 0.15) is 22.2 Å². The third-order valence-electron chi connectivity index (χ3n) is 3.09. The van der Waals surface area contributed by atoms with Crippen LogP contribution in [0.5, 0.6) is 0 Å². The highest BCUT2D eigenvalue weighted by molar-refractivity contribution is 7.89. The van der Waals surface area contributed by atoms with Crippen molar-refractivity contribution in [2.24, 2.45) is 0 Å². The largest absolute Gasteiger partial charge is 0.396 e. The summed E-state index contributed by atoms with van der Waals surface area (Å²) in [5.41, 5.74) is 5.60. The molecule has 0 saturated carbocycles. The molecule has 114 valence electrons. The van der Waals surface area contributed by atoms with E-state index in [0.717, 1.165) is 23.4 Å². The van der Waals surface area contributed by atoms with Crippen LogP contribution >= 0.6 is 11.3 Å². The Labute approximate surface area is 127 Å². The Morgan fingerprint density at radius 3 is 2.57 bits per heavy atom. The molecule has 2 rings (SSSR count). The molecule has 0 atom stereocenters. The number of hydrogen-bond donors (Lipinski definition) is 2. The van der Waals surface area contributed by atoms with Crippen LogP contribution in [0, 0.1) is 12.7 Å². The molecule has 21 heavy (non-hydrogen) atoms. The minimum atomic E-state index is -3.72. The predicted molar refractivity (Wildman–Crippen MR) is 83.3 cm³/mol. The van der Waals surface area contributed by atoms with Crippen molar-refractivity contribution in [2.45, 2.75) is 31.7 Å². The molecule has 0 spiro atoms. The molecule has 1 heterocycles. The average molecular weight is 328 g/mol. The minimum absolute atomic E-state index is 0.00803. The molecular weight excluding hydrogens is 311 g/mol. The van der Waals surface area contributed by atoms with Crippen molar-refractivity contribution in [3.05, 3.63) is 45.4 Å². The van der Waals surface area contributed by atoms with Gasteiger partial charge in [-0.25, -0.2) is 17.5 Å². The molecule has 0 aliphatic rings. The normalized spacial score (nSPS) is 11.8. The maximum absolute atomic E-state index is 13.3. The highest BCUT2D eigenvalue weighted by atomic mass is 32.2. The van der Waals surface area contributed by atoms with Crippen LogP contribution < -0.4 is 10.5 Å². The van der Waals surface area contributed by atoms with Gasteiger partial charge in [-0.1, -0.05) is 6.92 Å². The molecule has 0 saturated heterocycles. The van der Waals surface area contributed by atoms with Crippen LogP contribution in [0.15, 0.2) is 29.2 Å². The van der Waals surface area contributed by atoms with Crippen molar-refractivity contribution in [2.75, 3.05) is 5.73 Å². The molecule has 7 heteroatoms. The van der Waals surface area contributed by atoms with E-state index < -0.39 is 15.8 Å². The van der Waals surface area contributed by atoms with Crippen molar-refractivity contribution < 1.29 is 12.8 Å². The molecule has 0 aliphatic carbocycles. The second kappa shape index (κ2) is 6.13. The maximum atomic E-state index is 13.3. The minimum Gasteiger partial charge on any atom is -0.396 e. The number of nitrogen functional groups attached to an aromatic ring is 1. The fraction of sp³-hybridized carbons (Fsp3) is 0.286. The fourth-order valence-corrected chi connectivity index (χ4v) is 4.16. The fourth-order valence-electron chi connectivity index (χ4n) is 1.91. The van der Waals surface area contributed by atoms with Crippen molar-refractivity contribution in [3.8, 4) is 0 Å². The summed E-state index contributed by atoms with van der Waals surface area (Å²) < 4.78 is 40.4. The van der Waals surface area contributed by atoms with E-state index in [1.54, 1.807) is 11.3 Å². The average Bonchev–Trinajstić information content (AvgIpc) is 2.88. The number of nitrogens with two attached hydrogens (primary N) is 1. The first-order valence-electron chi connectivity index (χ1n) is 6.46. The quantitative estimate of drug-likeness (QED) is 0.829. The Kier molecular flexibility index (Phi) is 4.65. The molecule has 2 aromatic rings. The lowest BCUT2D eigenvalue weighted by Crippen LogP contribution is -2.24. The monoisotopic (exact) mass is 328 g/mol. The number of rotatable bonds is 5. The van der Waals surface area contributed by atoms with Gasteiger partial charge in [-0.3, -0.25) is 0 Å². The number of benzene rings is 1. The number of aryl methyl sites for hydroxylation is 2. The van der Waals surface area contributed by atoms with Crippen LogP contribution in [0.25, 0.3) is 0 Å². The van der Waals surface area contributed by atoms with E-state index >= 15 is 0 Å². The van der Waals surface area contributed by atoms with Crippen LogP contribution in [0.2, 0.25) is 0 Å². The zero-order valence-electron chi connectivity index (χ0n) is 11.8. The van der Waals surface area contributed by atoms with Crippen LogP contribution in [-0.4, -0.2) is 8.42 Å². The Hall–Kier alpha value is -1.44. The predicted octanol–water partition coefficient (Wildman–Crippen LogP) is 2.82. The van der Waals surface area contributed by atoms with Gasteiger partial charge in [0.2, 0.25) is 10.0 Å². The zero-order valence-corrected chi connectivity index (χ0v) is 13.4. The van der Waals surface area contributed by atoms with Crippen LogP contribution in [0.3, 0.4) is 0 Å². The SMILES string of the molecule is CCc1ccc(CNS(=O)(=O)c2cc(N)c(F)cc2C)s1. The second-order valence-corrected chi connectivity index (χ2v) is 7.67. The Bertz CT molecular complexity index is 754. The summed E-state index contributed by atoms with van der Waals surface area (Å²) in [6, 6.07) is 6.16. The lowest BCUT2D eigenvalue weighted by molar-refractivity contribution is 0.580. The number of halogens is 1. The van der Waals surface area contributed by atoms with Crippen molar-refractivity contribution >= 4 is 27.0 Å². The lowest BCUT2D eigenvalue weighted by atomic mass is 10.2. The van der Waals surface area contributed by atoms with Crippen molar-refractivity contribution in [1.29, 1.82) is 0 Å². The molecule has 3 N–H and O–H groups in total. The summed E-state index contributed by atoms with van der Waals surface area (Å²) >= 11 is 1.57. The number of hydrogen-bond acceptors (Lipinski definition) is 4. The number of sulfonamides is 1. The first kappa shape index (κ1) is 15.9. The Morgan fingerprint density at radius 2 is 1.95 bits per heavy atom. The molecule has 0 radical (unpaired) electrons. The number of anilines is 1. The summed E-state index contributed by atoms with van der Waals surface area (Å²) in [6.07, 6.45) is 0.922. The lowest BCUT2D eigenvalue weighted by Gasteiger charge is -2.10. The highest BCUT2D eigenvalue weighted by Crippen LogP contribution is 2.22. The third kappa shape index (κ3) is 3.61. The molecule has 4 nitrogen and oxygen atoms in total. The first-order chi connectivity index (χ1) is 9.83. The van der Waals surface area contributed by atoms with Gasteiger partial charge in [-0.05, 0) is 43.2 Å². The summed E-state index contributed by atoms with van der Waals surface area (Å²) in [5.74, 6) is -0.614. The Balaban J connectivity index is 2.20. The summed E-state index contributed by atoms with van der Waals surface area (Å²) in [6.45, 7) is 3.80. The van der Waals surface area contributed by atoms with E-state index in [9.17, 15) is 12.8 Å². The van der Waals surface area contributed by atoms with Crippen LogP contribution in [-0.2, 0) is 23.0 Å². The molecule has 1 aromatic carbocycles. The van der Waals surface area contributed by atoms with Gasteiger partial charge < -0.3 is 5.73 Å². The maximum Gasteiger partial charge on any atom is 0.241 e. The topological polar surface area (TPSA) is 72.2 Å². The first-order valence-corrected chi connectivity index (χ1v) is 8.76. The molecule has 1 aromatic heterocycles. The Morgan fingerprint density at radius 1 is 1.29 bits per heavy atom. The van der Waals surface area contributed by atoms with Gasteiger partial charge in [-0.2, -0.15) is 0 Å². The van der Waals surface area contributed by atoms with Crippen molar-refractivity contribution in [1.82, 2.24) is 4.72 Å². The number of thiophene rings is 1. The van der Waals surface area contributed by atoms with Gasteiger partial charge >= 0.3 is 0 Å². The van der Waals surface area contributed by atoms with Gasteiger partial charge in [0.25, 0.3) is 0 Å². The van der Waals surface area contributed by atoms with Gasteiger partial charge in [0.15, 0.2) is 0 Å². The van der Waals surface area contributed by atoms with E-state index in [4.69, 9.17) is 5.73 Å². The number of nitrogens with one attached hydrogen (secondary N) is 1. The molecule has 0 aliphatic heterocycles. The second-order valence-electron chi connectivity index (χ2n) is 4.69. The molecule has 0 bridgehead atoms. The van der Waals surface area contributed by atoms with Crippen LogP contribution in [0.4, 0.5) is 10.1 Å².